The maximum Gasteiger partial charge on any atom is 0.316 e. The van der Waals surface area contributed by atoms with Gasteiger partial charge in [0.15, 0.2) is 0 Å². The number of esters is 2. The summed E-state index contributed by atoms with van der Waals surface area (Å²) in [5.41, 5.74) is 0. The minimum absolute atomic E-state index is 0.0688. The fraction of sp³-hybridized carbons (Fsp3) is 0.909. The summed E-state index contributed by atoms with van der Waals surface area (Å²) in [6.45, 7) is 4.33. The first-order valence-corrected chi connectivity index (χ1v) is 10.9. The number of methoxy groups -OCH3 is 1. The molecule has 1 saturated heterocycles. The fourth-order valence-corrected chi connectivity index (χ4v) is 5.13. The van der Waals surface area contributed by atoms with Gasteiger partial charge >= 0.3 is 11.9 Å². The molecule has 0 spiro atoms. The summed E-state index contributed by atoms with van der Waals surface area (Å²) >= 11 is 0. The molecule has 2 rings (SSSR count). The standard InChI is InChI=1S/C22H38O4/c1-4-6-7-11-16(25-3)14-15-18-17-12-8-9-13-20(17)22(24)26-21(23)19(18)10-5-2/h16-20H,4-15H2,1-3H3. The first-order chi connectivity index (χ1) is 12.6. The number of hydrogen-bond donors (Lipinski definition) is 0. The Labute approximate surface area is 159 Å². The first kappa shape index (κ1) is 21.4. The number of rotatable bonds is 10. The molecule has 0 aromatic rings. The van der Waals surface area contributed by atoms with Crippen LogP contribution in [0.4, 0.5) is 0 Å². The van der Waals surface area contributed by atoms with E-state index in [9.17, 15) is 9.59 Å². The van der Waals surface area contributed by atoms with E-state index in [-0.39, 0.29) is 35.8 Å². The van der Waals surface area contributed by atoms with Crippen LogP contribution in [0.3, 0.4) is 0 Å². The second-order valence-electron chi connectivity index (χ2n) is 8.28. The van der Waals surface area contributed by atoms with Crippen LogP contribution in [0.2, 0.25) is 0 Å². The van der Waals surface area contributed by atoms with E-state index in [4.69, 9.17) is 9.47 Å². The van der Waals surface area contributed by atoms with Crippen molar-refractivity contribution in [1.82, 2.24) is 0 Å². The summed E-state index contributed by atoms with van der Waals surface area (Å²) in [6.07, 6.45) is 12.9. The van der Waals surface area contributed by atoms with Crippen LogP contribution in [-0.4, -0.2) is 25.2 Å². The third kappa shape index (κ3) is 5.55. The van der Waals surface area contributed by atoms with E-state index >= 15 is 0 Å². The molecule has 0 aromatic carbocycles. The van der Waals surface area contributed by atoms with Gasteiger partial charge < -0.3 is 9.47 Å². The number of fused-ring (bicyclic) bond motifs is 1. The molecule has 1 saturated carbocycles. The van der Waals surface area contributed by atoms with Gasteiger partial charge in [-0.15, -0.1) is 0 Å². The molecule has 4 nitrogen and oxygen atoms in total. The molecule has 26 heavy (non-hydrogen) atoms. The molecule has 2 fully saturated rings. The summed E-state index contributed by atoms with van der Waals surface area (Å²) in [5, 5.41) is 0. The number of cyclic esters (lactones) is 2. The van der Waals surface area contributed by atoms with Crippen molar-refractivity contribution >= 4 is 11.9 Å². The predicted octanol–water partition coefficient (Wildman–Crippen LogP) is 5.28. The Morgan fingerprint density at radius 1 is 1.00 bits per heavy atom. The zero-order chi connectivity index (χ0) is 18.9. The van der Waals surface area contributed by atoms with Crippen LogP contribution in [0.1, 0.15) is 90.9 Å². The van der Waals surface area contributed by atoms with E-state index in [1.807, 2.05) is 0 Å². The molecule has 5 atom stereocenters. The number of ether oxygens (including phenoxy) is 2. The highest BCUT2D eigenvalue weighted by atomic mass is 16.6. The van der Waals surface area contributed by atoms with Crippen molar-refractivity contribution in [3.63, 3.8) is 0 Å². The Hall–Kier alpha value is -0.900. The molecule has 5 unspecified atom stereocenters. The zero-order valence-electron chi connectivity index (χ0n) is 17.0. The molecular formula is C22H38O4. The highest BCUT2D eigenvalue weighted by molar-refractivity contribution is 5.89. The minimum Gasteiger partial charge on any atom is -0.393 e. The summed E-state index contributed by atoms with van der Waals surface area (Å²) in [6, 6.07) is 0. The van der Waals surface area contributed by atoms with Gasteiger partial charge in [0.25, 0.3) is 0 Å². The van der Waals surface area contributed by atoms with Crippen molar-refractivity contribution in [3.05, 3.63) is 0 Å². The van der Waals surface area contributed by atoms with Crippen molar-refractivity contribution in [1.29, 1.82) is 0 Å². The maximum atomic E-state index is 12.6. The molecular weight excluding hydrogens is 328 g/mol. The van der Waals surface area contributed by atoms with E-state index in [2.05, 4.69) is 13.8 Å². The van der Waals surface area contributed by atoms with Crippen molar-refractivity contribution in [3.8, 4) is 0 Å². The van der Waals surface area contributed by atoms with Crippen molar-refractivity contribution in [2.24, 2.45) is 23.7 Å². The Kier molecular flexibility index (Phi) is 9.10. The van der Waals surface area contributed by atoms with Crippen LogP contribution in [0.15, 0.2) is 0 Å². The molecule has 2 aliphatic rings. The van der Waals surface area contributed by atoms with E-state index in [0.29, 0.717) is 5.92 Å². The smallest absolute Gasteiger partial charge is 0.316 e. The Morgan fingerprint density at radius 2 is 1.77 bits per heavy atom. The van der Waals surface area contributed by atoms with Crippen LogP contribution < -0.4 is 0 Å². The van der Waals surface area contributed by atoms with Crippen molar-refractivity contribution < 1.29 is 19.1 Å². The minimum atomic E-state index is -0.267. The first-order valence-electron chi connectivity index (χ1n) is 10.9. The van der Waals surface area contributed by atoms with Gasteiger partial charge in [0.1, 0.15) is 0 Å². The van der Waals surface area contributed by atoms with Crippen LogP contribution in [0.5, 0.6) is 0 Å². The Balaban J connectivity index is 2.10. The summed E-state index contributed by atoms with van der Waals surface area (Å²) in [7, 11) is 1.80. The van der Waals surface area contributed by atoms with Gasteiger partial charge in [-0.25, -0.2) is 0 Å². The fourth-order valence-electron chi connectivity index (χ4n) is 5.13. The Bertz CT molecular complexity index is 447. The lowest BCUT2D eigenvalue weighted by Gasteiger charge is -2.36. The molecule has 1 heterocycles. The third-order valence-electron chi connectivity index (χ3n) is 6.58. The SMILES string of the molecule is CCCCCC(CCC1C(CCC)C(=O)OC(=O)C2CCCCC21)OC. The quantitative estimate of drug-likeness (QED) is 0.300. The van der Waals surface area contributed by atoms with E-state index < -0.39 is 0 Å². The molecule has 0 bridgehead atoms. The average Bonchev–Trinajstić information content (AvgIpc) is 2.74. The van der Waals surface area contributed by atoms with Gasteiger partial charge in [-0.3, -0.25) is 9.59 Å². The van der Waals surface area contributed by atoms with Crippen LogP contribution >= 0.6 is 0 Å². The van der Waals surface area contributed by atoms with Gasteiger partial charge in [-0.05, 0) is 50.4 Å². The molecule has 1 aliphatic heterocycles. The summed E-state index contributed by atoms with van der Waals surface area (Å²) in [5.74, 6) is -0.132. The largest absolute Gasteiger partial charge is 0.393 e. The van der Waals surface area contributed by atoms with Crippen molar-refractivity contribution in [2.75, 3.05) is 7.11 Å². The third-order valence-corrected chi connectivity index (χ3v) is 6.58. The predicted molar refractivity (Wildman–Crippen MR) is 103 cm³/mol. The number of unbranched alkanes of at least 4 members (excludes halogenated alkanes) is 2. The van der Waals surface area contributed by atoms with Gasteiger partial charge in [0.2, 0.25) is 0 Å². The highest BCUT2D eigenvalue weighted by Crippen LogP contribution is 2.45. The van der Waals surface area contributed by atoms with E-state index in [1.54, 1.807) is 7.11 Å². The molecule has 150 valence electrons. The topological polar surface area (TPSA) is 52.6 Å². The van der Waals surface area contributed by atoms with E-state index in [1.165, 1.54) is 25.7 Å². The molecule has 4 heteroatoms. The van der Waals surface area contributed by atoms with Crippen LogP contribution in [0.25, 0.3) is 0 Å². The lowest BCUT2D eigenvalue weighted by Crippen LogP contribution is -2.34. The van der Waals surface area contributed by atoms with Gasteiger partial charge in [-0.1, -0.05) is 52.4 Å². The van der Waals surface area contributed by atoms with Gasteiger partial charge in [0.05, 0.1) is 17.9 Å². The molecule has 0 aromatic heterocycles. The number of carbonyl (C=O) groups excluding carboxylic acids is 2. The lowest BCUT2D eigenvalue weighted by atomic mass is 9.66. The Morgan fingerprint density at radius 3 is 2.46 bits per heavy atom. The highest BCUT2D eigenvalue weighted by Gasteiger charge is 2.46. The molecule has 0 radical (unpaired) electrons. The second kappa shape index (κ2) is 11.1. The zero-order valence-corrected chi connectivity index (χ0v) is 17.0. The van der Waals surface area contributed by atoms with Gasteiger partial charge in [-0.2, -0.15) is 0 Å². The summed E-state index contributed by atoms with van der Waals surface area (Å²) < 4.78 is 11.0. The monoisotopic (exact) mass is 366 g/mol. The number of carbonyl (C=O) groups is 2. The summed E-state index contributed by atoms with van der Waals surface area (Å²) in [4.78, 5) is 25.1. The number of hydrogen-bond acceptors (Lipinski definition) is 4. The molecule has 1 aliphatic carbocycles. The molecule has 0 N–H and O–H groups in total. The second-order valence-corrected chi connectivity index (χ2v) is 8.28. The normalized spacial score (nSPS) is 30.4. The van der Waals surface area contributed by atoms with Crippen molar-refractivity contribution in [2.45, 2.75) is 97.0 Å². The lowest BCUT2D eigenvalue weighted by molar-refractivity contribution is -0.164. The van der Waals surface area contributed by atoms with E-state index in [0.717, 1.165) is 51.4 Å². The van der Waals surface area contributed by atoms with Crippen LogP contribution in [-0.2, 0) is 19.1 Å². The molecule has 0 amide bonds. The van der Waals surface area contributed by atoms with Gasteiger partial charge in [0, 0.05) is 7.11 Å². The maximum absolute atomic E-state index is 12.6. The van der Waals surface area contributed by atoms with Crippen LogP contribution in [0, 0.1) is 23.7 Å². The average molecular weight is 367 g/mol.